The van der Waals surface area contributed by atoms with Gasteiger partial charge in [0, 0.05) is 11.3 Å². The van der Waals surface area contributed by atoms with Crippen LogP contribution in [0.4, 0.5) is 0 Å². The summed E-state index contributed by atoms with van der Waals surface area (Å²) in [6.07, 6.45) is 0.380. The van der Waals surface area contributed by atoms with Crippen LogP contribution in [0.5, 0.6) is 0 Å². The van der Waals surface area contributed by atoms with Crippen molar-refractivity contribution in [3.05, 3.63) is 0 Å². The number of rotatable bonds is 8. The van der Waals surface area contributed by atoms with Crippen LogP contribution in [0.15, 0.2) is 0 Å². The van der Waals surface area contributed by atoms with Crippen molar-refractivity contribution >= 4 is 17.7 Å². The van der Waals surface area contributed by atoms with Gasteiger partial charge in [-0.1, -0.05) is 20.8 Å². The number of nitrogens with one attached hydrogen (secondary N) is 1. The van der Waals surface area contributed by atoms with Crippen molar-refractivity contribution in [3.63, 3.8) is 0 Å². The van der Waals surface area contributed by atoms with Crippen LogP contribution in [0.3, 0.4) is 0 Å². The van der Waals surface area contributed by atoms with Crippen LogP contribution in [0.1, 0.15) is 34.1 Å². The van der Waals surface area contributed by atoms with E-state index in [1.807, 2.05) is 20.8 Å². The van der Waals surface area contributed by atoms with Crippen LogP contribution in [0.2, 0.25) is 0 Å². The van der Waals surface area contributed by atoms with E-state index in [0.717, 1.165) is 5.75 Å². The van der Waals surface area contributed by atoms with Crippen molar-refractivity contribution in [2.75, 3.05) is 5.75 Å². The Kier molecular flexibility index (Phi) is 7.80. The highest BCUT2D eigenvalue weighted by Crippen LogP contribution is 2.16. The maximum absolute atomic E-state index is 11.1. The average molecular weight is 248 g/mol. The number of hydrogen-bond acceptors (Lipinski definition) is 4. The van der Waals surface area contributed by atoms with E-state index in [0.29, 0.717) is 6.42 Å². The molecule has 4 N–H and O–H groups in total. The molecule has 5 heteroatoms. The van der Waals surface area contributed by atoms with Crippen molar-refractivity contribution in [2.45, 2.75) is 57.6 Å². The highest BCUT2D eigenvalue weighted by molar-refractivity contribution is 7.99. The summed E-state index contributed by atoms with van der Waals surface area (Å²) in [4.78, 5) is 11.1. The normalized spacial score (nSPS) is 17.1. The van der Waals surface area contributed by atoms with E-state index < -0.39 is 0 Å². The molecule has 96 valence electrons. The summed E-state index contributed by atoms with van der Waals surface area (Å²) < 4.78 is 0. The molecule has 0 saturated carbocycles. The number of carbonyl (C=O) groups excluding carboxylic acids is 1. The quantitative estimate of drug-likeness (QED) is 0.592. The first-order chi connectivity index (χ1) is 7.34. The van der Waals surface area contributed by atoms with E-state index in [1.54, 1.807) is 18.7 Å². The van der Waals surface area contributed by atoms with Gasteiger partial charge in [-0.25, -0.2) is 0 Å². The third-order valence-electron chi connectivity index (χ3n) is 2.34. The molecule has 0 saturated heterocycles. The zero-order valence-corrected chi connectivity index (χ0v) is 11.4. The lowest BCUT2D eigenvalue weighted by Crippen LogP contribution is -2.44. The molecule has 0 aromatic carbocycles. The fourth-order valence-corrected chi connectivity index (χ4v) is 2.24. The van der Waals surface area contributed by atoms with Gasteiger partial charge in [0.05, 0.1) is 12.1 Å². The molecule has 0 aliphatic carbocycles. The zero-order valence-electron chi connectivity index (χ0n) is 10.6. The molecule has 0 spiro atoms. The van der Waals surface area contributed by atoms with Gasteiger partial charge >= 0.3 is 0 Å². The summed E-state index contributed by atoms with van der Waals surface area (Å²) in [6.45, 7) is 7.73. The number of primary amides is 1. The molecule has 0 aromatic rings. The molecule has 0 rings (SSSR count). The molecule has 4 nitrogen and oxygen atoms in total. The molecule has 0 aromatic heterocycles. The number of nitrogens with two attached hydrogens (primary N) is 1. The van der Waals surface area contributed by atoms with Crippen LogP contribution in [0, 0.1) is 0 Å². The minimum atomic E-state index is -0.324. The molecular formula is C11H24N2O2S. The maximum Gasteiger partial charge on any atom is 0.234 e. The summed E-state index contributed by atoms with van der Waals surface area (Å²) in [7, 11) is 0. The monoisotopic (exact) mass is 248 g/mol. The molecule has 0 fully saturated rings. The summed E-state index contributed by atoms with van der Waals surface area (Å²) in [5.41, 5.74) is 5.30. The number of carbonyl (C=O) groups is 1. The number of amides is 1. The van der Waals surface area contributed by atoms with Gasteiger partial charge in [-0.15, -0.1) is 0 Å². The average Bonchev–Trinajstić information content (AvgIpc) is 2.14. The van der Waals surface area contributed by atoms with Gasteiger partial charge in [-0.3, -0.25) is 4.79 Å². The predicted molar refractivity (Wildman–Crippen MR) is 69.5 cm³/mol. The van der Waals surface area contributed by atoms with Gasteiger partial charge in [-0.2, -0.15) is 11.8 Å². The van der Waals surface area contributed by atoms with Crippen LogP contribution < -0.4 is 11.1 Å². The lowest BCUT2D eigenvalue weighted by molar-refractivity contribution is -0.120. The second-order valence-corrected chi connectivity index (χ2v) is 5.87. The number of aliphatic hydroxyl groups excluding tert-OH is 1. The van der Waals surface area contributed by atoms with Crippen LogP contribution >= 0.6 is 11.8 Å². The number of hydrogen-bond donors (Lipinski definition) is 3. The Morgan fingerprint density at radius 1 is 1.38 bits per heavy atom. The minimum absolute atomic E-state index is 0.188. The van der Waals surface area contributed by atoms with Crippen molar-refractivity contribution in [1.29, 1.82) is 0 Å². The molecule has 16 heavy (non-hydrogen) atoms. The van der Waals surface area contributed by atoms with E-state index in [-0.39, 0.29) is 29.3 Å². The summed E-state index contributed by atoms with van der Waals surface area (Å²) in [5, 5.41) is 12.6. The van der Waals surface area contributed by atoms with Crippen molar-refractivity contribution in [1.82, 2.24) is 5.32 Å². The van der Waals surface area contributed by atoms with Gasteiger partial charge in [0.2, 0.25) is 5.91 Å². The Morgan fingerprint density at radius 3 is 2.31 bits per heavy atom. The number of thioether (sulfide) groups is 1. The first-order valence-corrected chi connectivity index (χ1v) is 6.74. The Hall–Kier alpha value is -0.260. The third-order valence-corrected chi connectivity index (χ3v) is 3.74. The van der Waals surface area contributed by atoms with Gasteiger partial charge in [-0.05, 0) is 19.1 Å². The first-order valence-electron chi connectivity index (χ1n) is 5.69. The Labute approximate surface area is 102 Å². The fraction of sp³-hybridized carbons (Fsp3) is 0.909. The summed E-state index contributed by atoms with van der Waals surface area (Å²) >= 11 is 1.66. The number of aliphatic hydroxyl groups is 1. The lowest BCUT2D eigenvalue weighted by Gasteiger charge is -2.19. The summed E-state index contributed by atoms with van der Waals surface area (Å²) in [5.74, 6) is 0.512. The second-order valence-electron chi connectivity index (χ2n) is 4.38. The molecule has 0 aliphatic rings. The second kappa shape index (κ2) is 7.92. The smallest absolute Gasteiger partial charge is 0.234 e. The van der Waals surface area contributed by atoms with Gasteiger partial charge in [0.25, 0.3) is 0 Å². The lowest BCUT2D eigenvalue weighted by atomic mass is 10.2. The van der Waals surface area contributed by atoms with E-state index in [9.17, 15) is 9.90 Å². The van der Waals surface area contributed by atoms with Crippen LogP contribution in [0.25, 0.3) is 0 Å². The molecule has 3 unspecified atom stereocenters. The standard InChI is InChI=1S/C11H24N2O2S/c1-7(2)13-10(11(12)15)5-6-16-9(4)8(3)14/h7-10,13-14H,5-6H2,1-4H3,(H2,12,15). The molecule has 0 aliphatic heterocycles. The van der Waals surface area contributed by atoms with Crippen molar-refractivity contribution in [2.24, 2.45) is 5.73 Å². The first kappa shape index (κ1) is 15.7. The van der Waals surface area contributed by atoms with Gasteiger partial charge in [0.1, 0.15) is 0 Å². The topological polar surface area (TPSA) is 75.3 Å². The van der Waals surface area contributed by atoms with Gasteiger partial charge < -0.3 is 16.2 Å². The van der Waals surface area contributed by atoms with E-state index in [1.165, 1.54) is 0 Å². The highest BCUT2D eigenvalue weighted by atomic mass is 32.2. The predicted octanol–water partition coefficient (Wildman–Crippen LogP) is 0.731. The van der Waals surface area contributed by atoms with Crippen LogP contribution in [-0.2, 0) is 4.79 Å². The largest absolute Gasteiger partial charge is 0.392 e. The molecule has 1 amide bonds. The fourth-order valence-electron chi connectivity index (χ4n) is 1.22. The third kappa shape index (κ3) is 7.09. The maximum atomic E-state index is 11.1. The Balaban J connectivity index is 3.89. The molecular weight excluding hydrogens is 224 g/mol. The minimum Gasteiger partial charge on any atom is -0.392 e. The van der Waals surface area contributed by atoms with E-state index >= 15 is 0 Å². The van der Waals surface area contributed by atoms with E-state index in [2.05, 4.69) is 5.32 Å². The Bertz CT molecular complexity index is 210. The highest BCUT2D eigenvalue weighted by Gasteiger charge is 2.17. The zero-order chi connectivity index (χ0) is 12.7. The molecule has 0 heterocycles. The molecule has 3 atom stereocenters. The molecule has 0 bridgehead atoms. The van der Waals surface area contributed by atoms with Crippen molar-refractivity contribution in [3.8, 4) is 0 Å². The van der Waals surface area contributed by atoms with Gasteiger partial charge in [0.15, 0.2) is 0 Å². The SMILES string of the molecule is CC(C)NC(CCSC(C)C(C)O)C(N)=O. The molecule has 0 radical (unpaired) electrons. The van der Waals surface area contributed by atoms with Crippen molar-refractivity contribution < 1.29 is 9.90 Å². The Morgan fingerprint density at radius 2 is 1.94 bits per heavy atom. The van der Waals surface area contributed by atoms with Crippen LogP contribution in [-0.4, -0.2) is 40.2 Å². The van der Waals surface area contributed by atoms with E-state index in [4.69, 9.17) is 5.73 Å². The summed E-state index contributed by atoms with van der Waals surface area (Å²) in [6, 6.07) is -0.0228.